The lowest BCUT2D eigenvalue weighted by Crippen LogP contribution is -2.46. The van der Waals surface area contributed by atoms with Gasteiger partial charge in [-0.2, -0.15) is 0 Å². The minimum Gasteiger partial charge on any atom is -0.387 e. The molecule has 7 nitrogen and oxygen atoms in total. The zero-order valence-corrected chi connectivity index (χ0v) is 16.0. The van der Waals surface area contributed by atoms with Gasteiger partial charge in [-0.05, 0) is 33.8 Å². The third-order valence-electron chi connectivity index (χ3n) is 5.16. The number of benzene rings is 1. The van der Waals surface area contributed by atoms with Crippen LogP contribution in [0.5, 0.6) is 0 Å². The van der Waals surface area contributed by atoms with Gasteiger partial charge in [-0.25, -0.2) is 0 Å². The van der Waals surface area contributed by atoms with E-state index in [2.05, 4.69) is 4.98 Å². The van der Waals surface area contributed by atoms with Crippen molar-refractivity contribution in [1.82, 2.24) is 4.98 Å². The Morgan fingerprint density at radius 1 is 1.00 bits per heavy atom. The molecule has 0 radical (unpaired) electrons. The van der Waals surface area contributed by atoms with Crippen molar-refractivity contribution in [2.75, 3.05) is 6.61 Å². The van der Waals surface area contributed by atoms with E-state index in [0.717, 1.165) is 10.9 Å². The number of rotatable bonds is 4. The van der Waals surface area contributed by atoms with Crippen LogP contribution < -0.4 is 0 Å². The van der Waals surface area contributed by atoms with Gasteiger partial charge in [0.2, 0.25) is 0 Å². The number of aliphatic hydroxyl groups is 2. The lowest BCUT2D eigenvalue weighted by atomic mass is 9.95. The number of aromatic nitrogens is 1. The predicted octanol–water partition coefficient (Wildman–Crippen LogP) is 2.23. The molecule has 0 unspecified atom stereocenters. The number of hydrogen-bond acceptors (Lipinski definition) is 6. The molecule has 3 N–H and O–H groups in total. The van der Waals surface area contributed by atoms with Crippen LogP contribution in [0.25, 0.3) is 10.9 Å². The van der Waals surface area contributed by atoms with Gasteiger partial charge < -0.3 is 34.1 Å². The van der Waals surface area contributed by atoms with Crippen molar-refractivity contribution < 1.29 is 29.2 Å². The van der Waals surface area contributed by atoms with Crippen LogP contribution in [0.2, 0.25) is 0 Å². The molecule has 3 heterocycles. The van der Waals surface area contributed by atoms with Gasteiger partial charge in [0.1, 0.15) is 30.5 Å². The molecule has 2 aliphatic heterocycles. The molecule has 4 rings (SSSR count). The number of H-pyrrole nitrogens is 1. The molecule has 148 valence electrons. The second-order valence-corrected chi connectivity index (χ2v) is 8.16. The third-order valence-corrected chi connectivity index (χ3v) is 5.16. The minimum atomic E-state index is -1.00. The number of nitrogens with one attached hydrogen (secondary N) is 1. The van der Waals surface area contributed by atoms with Gasteiger partial charge in [-0.1, -0.05) is 18.2 Å². The molecule has 2 aromatic rings. The lowest BCUT2D eigenvalue weighted by Gasteiger charge is -2.28. The number of para-hydroxylation sites is 1. The molecule has 1 aromatic carbocycles. The molecule has 1 aromatic heterocycles. The molecule has 0 spiro atoms. The maximum atomic E-state index is 11.1. The van der Waals surface area contributed by atoms with E-state index >= 15 is 0 Å². The number of aliphatic hydroxyl groups excluding tert-OH is 2. The largest absolute Gasteiger partial charge is 0.387 e. The molecule has 7 heteroatoms. The molecular formula is C20H27NO6. The first-order valence-electron chi connectivity index (χ1n) is 9.26. The number of ether oxygens (including phenoxy) is 4. The van der Waals surface area contributed by atoms with Crippen LogP contribution in [0.4, 0.5) is 0 Å². The van der Waals surface area contributed by atoms with Crippen molar-refractivity contribution in [3.05, 3.63) is 36.0 Å². The van der Waals surface area contributed by atoms with E-state index in [1.165, 1.54) is 0 Å². The van der Waals surface area contributed by atoms with Gasteiger partial charge in [0.25, 0.3) is 0 Å². The van der Waals surface area contributed by atoms with E-state index < -0.39 is 42.1 Å². The van der Waals surface area contributed by atoms with Gasteiger partial charge in [-0.15, -0.1) is 0 Å². The van der Waals surface area contributed by atoms with Crippen LogP contribution in [0.15, 0.2) is 30.5 Å². The van der Waals surface area contributed by atoms with Crippen molar-refractivity contribution in [2.24, 2.45) is 0 Å². The van der Waals surface area contributed by atoms with Crippen molar-refractivity contribution >= 4 is 10.9 Å². The Labute approximate surface area is 158 Å². The predicted molar refractivity (Wildman–Crippen MR) is 98.0 cm³/mol. The highest BCUT2D eigenvalue weighted by Crippen LogP contribution is 2.40. The summed E-state index contributed by atoms with van der Waals surface area (Å²) in [6, 6.07) is 7.73. The smallest absolute Gasteiger partial charge is 0.164 e. The molecule has 2 fully saturated rings. The summed E-state index contributed by atoms with van der Waals surface area (Å²) in [7, 11) is 0. The zero-order chi connectivity index (χ0) is 19.4. The van der Waals surface area contributed by atoms with Crippen LogP contribution in [0, 0.1) is 0 Å². The average molecular weight is 377 g/mol. The molecule has 0 amide bonds. The number of aromatic amines is 1. The van der Waals surface area contributed by atoms with Crippen LogP contribution >= 0.6 is 0 Å². The lowest BCUT2D eigenvalue weighted by molar-refractivity contribution is -0.179. The molecule has 2 saturated heterocycles. The molecule has 5 atom stereocenters. The quantitative estimate of drug-likeness (QED) is 0.757. The molecule has 0 saturated carbocycles. The highest BCUT2D eigenvalue weighted by Gasteiger charge is 2.52. The summed E-state index contributed by atoms with van der Waals surface area (Å²) in [4.78, 5) is 3.16. The maximum absolute atomic E-state index is 11.1. The summed E-state index contributed by atoms with van der Waals surface area (Å²) in [6.07, 6.45) is -2.27. The first kappa shape index (κ1) is 18.9. The fourth-order valence-electron chi connectivity index (χ4n) is 3.94. The Balaban J connectivity index is 1.61. The normalized spacial score (nSPS) is 32.0. The standard InChI is InChI=1S/C20H27NO6/c1-19(2)24-10-14(25-19)16(23)18-17(26-20(3,4)27-18)15(22)12-9-21-13-8-6-5-7-11(12)13/h5-9,14-18,21-23H,10H2,1-4H3/t14-,15-,16-,17-,18+/m1/s1. The first-order chi connectivity index (χ1) is 12.7. The summed E-state index contributed by atoms with van der Waals surface area (Å²) >= 11 is 0. The molecular weight excluding hydrogens is 350 g/mol. The van der Waals surface area contributed by atoms with Crippen molar-refractivity contribution in [3.63, 3.8) is 0 Å². The highest BCUT2D eigenvalue weighted by atomic mass is 16.8. The maximum Gasteiger partial charge on any atom is 0.164 e. The minimum absolute atomic E-state index is 0.254. The Kier molecular flexibility index (Phi) is 4.57. The van der Waals surface area contributed by atoms with E-state index in [4.69, 9.17) is 18.9 Å². The summed E-state index contributed by atoms with van der Waals surface area (Å²) < 4.78 is 23.3. The van der Waals surface area contributed by atoms with Crippen LogP contribution in [-0.2, 0) is 18.9 Å². The van der Waals surface area contributed by atoms with E-state index in [-0.39, 0.29) is 6.61 Å². The van der Waals surface area contributed by atoms with Gasteiger partial charge in [0.15, 0.2) is 11.6 Å². The van der Waals surface area contributed by atoms with Gasteiger partial charge >= 0.3 is 0 Å². The molecule has 0 bridgehead atoms. The summed E-state index contributed by atoms with van der Waals surface area (Å²) in [6.45, 7) is 7.39. The first-order valence-corrected chi connectivity index (χ1v) is 9.26. The van der Waals surface area contributed by atoms with Gasteiger partial charge in [0.05, 0.1) is 6.61 Å². The van der Waals surface area contributed by atoms with Crippen LogP contribution in [0.3, 0.4) is 0 Å². The SMILES string of the molecule is CC1(C)O[C@@H]([C@H](O)[C@H]2COC(C)(C)O2)[C@@H]([C@H](O)c2c[nH]c3ccccc23)O1. The molecule has 2 aliphatic rings. The number of hydrogen-bond donors (Lipinski definition) is 3. The molecule has 27 heavy (non-hydrogen) atoms. The Bertz CT molecular complexity index is 816. The summed E-state index contributed by atoms with van der Waals surface area (Å²) in [5.74, 6) is -1.69. The highest BCUT2D eigenvalue weighted by molar-refractivity contribution is 5.83. The van der Waals surface area contributed by atoms with Crippen molar-refractivity contribution in [2.45, 2.75) is 69.8 Å². The van der Waals surface area contributed by atoms with Crippen molar-refractivity contribution in [3.8, 4) is 0 Å². The fourth-order valence-corrected chi connectivity index (χ4v) is 3.94. The summed E-state index contributed by atoms with van der Waals surface area (Å²) in [5, 5.41) is 22.9. The monoisotopic (exact) mass is 377 g/mol. The topological polar surface area (TPSA) is 93.2 Å². The van der Waals surface area contributed by atoms with Crippen molar-refractivity contribution in [1.29, 1.82) is 0 Å². The van der Waals surface area contributed by atoms with Gasteiger partial charge in [0, 0.05) is 22.7 Å². The van der Waals surface area contributed by atoms with E-state index in [0.29, 0.717) is 5.56 Å². The fraction of sp³-hybridized carbons (Fsp3) is 0.600. The zero-order valence-electron chi connectivity index (χ0n) is 16.0. The van der Waals surface area contributed by atoms with Crippen LogP contribution in [0.1, 0.15) is 39.4 Å². The second kappa shape index (κ2) is 6.55. The van der Waals surface area contributed by atoms with Crippen LogP contribution in [-0.4, -0.2) is 57.8 Å². The number of fused-ring (bicyclic) bond motifs is 1. The Morgan fingerprint density at radius 3 is 2.41 bits per heavy atom. The van der Waals surface area contributed by atoms with Gasteiger partial charge in [-0.3, -0.25) is 0 Å². The second-order valence-electron chi connectivity index (χ2n) is 8.16. The Morgan fingerprint density at radius 2 is 1.70 bits per heavy atom. The van der Waals surface area contributed by atoms with E-state index in [9.17, 15) is 10.2 Å². The van der Waals surface area contributed by atoms with E-state index in [1.807, 2.05) is 24.3 Å². The van der Waals surface area contributed by atoms with E-state index in [1.54, 1.807) is 33.9 Å². The average Bonchev–Trinajstić information content (AvgIpc) is 3.28. The molecule has 0 aliphatic carbocycles. The Hall–Kier alpha value is -1.48. The summed E-state index contributed by atoms with van der Waals surface area (Å²) in [5.41, 5.74) is 1.63. The third kappa shape index (κ3) is 3.51.